The first kappa shape index (κ1) is 16.5. The SMILES string of the molecule is CCCCC(CCC)C(=O)N1CCN(C(C)C)CC1. The zero-order valence-corrected chi connectivity index (χ0v) is 13.3. The smallest absolute Gasteiger partial charge is 0.225 e. The quantitative estimate of drug-likeness (QED) is 0.708. The van der Waals surface area contributed by atoms with E-state index in [2.05, 4.69) is 37.5 Å². The fourth-order valence-corrected chi connectivity index (χ4v) is 2.91. The van der Waals surface area contributed by atoms with Crippen molar-refractivity contribution in [1.29, 1.82) is 0 Å². The molecule has 0 bridgehead atoms. The maximum absolute atomic E-state index is 12.6. The second-order valence-corrected chi connectivity index (χ2v) is 6.08. The summed E-state index contributed by atoms with van der Waals surface area (Å²) in [7, 11) is 0. The molecule has 1 heterocycles. The van der Waals surface area contributed by atoms with Gasteiger partial charge in [0.25, 0.3) is 0 Å². The summed E-state index contributed by atoms with van der Waals surface area (Å²) < 4.78 is 0. The summed E-state index contributed by atoms with van der Waals surface area (Å²) in [5, 5.41) is 0. The Morgan fingerprint density at radius 2 is 1.63 bits per heavy atom. The number of amides is 1. The Morgan fingerprint density at radius 3 is 2.11 bits per heavy atom. The lowest BCUT2D eigenvalue weighted by Gasteiger charge is -2.38. The van der Waals surface area contributed by atoms with E-state index in [1.807, 2.05) is 0 Å². The highest BCUT2D eigenvalue weighted by molar-refractivity contribution is 5.78. The zero-order chi connectivity index (χ0) is 14.3. The van der Waals surface area contributed by atoms with Crippen LogP contribution in [-0.4, -0.2) is 47.9 Å². The van der Waals surface area contributed by atoms with Crippen molar-refractivity contribution >= 4 is 5.91 Å². The van der Waals surface area contributed by atoms with E-state index >= 15 is 0 Å². The fraction of sp³-hybridized carbons (Fsp3) is 0.938. The molecule has 1 aliphatic heterocycles. The highest BCUT2D eigenvalue weighted by atomic mass is 16.2. The second-order valence-electron chi connectivity index (χ2n) is 6.08. The molecule has 1 aliphatic rings. The second kappa shape index (κ2) is 8.57. The van der Waals surface area contributed by atoms with Crippen molar-refractivity contribution in [1.82, 2.24) is 9.80 Å². The first-order valence-electron chi connectivity index (χ1n) is 8.12. The molecule has 3 heteroatoms. The van der Waals surface area contributed by atoms with Gasteiger partial charge in [-0.3, -0.25) is 9.69 Å². The molecule has 1 unspecified atom stereocenters. The Hall–Kier alpha value is -0.570. The Kier molecular flexibility index (Phi) is 7.44. The number of rotatable bonds is 7. The summed E-state index contributed by atoms with van der Waals surface area (Å²) in [6.07, 6.45) is 5.62. The topological polar surface area (TPSA) is 23.6 Å². The molecular formula is C16H32N2O. The summed E-state index contributed by atoms with van der Waals surface area (Å²) in [6, 6.07) is 0.601. The highest BCUT2D eigenvalue weighted by Crippen LogP contribution is 2.19. The normalized spacial score (nSPS) is 18.9. The maximum Gasteiger partial charge on any atom is 0.225 e. The summed E-state index contributed by atoms with van der Waals surface area (Å²) in [5.41, 5.74) is 0. The Balaban J connectivity index is 2.46. The van der Waals surface area contributed by atoms with Crippen molar-refractivity contribution in [2.45, 2.75) is 65.8 Å². The largest absolute Gasteiger partial charge is 0.340 e. The van der Waals surface area contributed by atoms with Crippen LogP contribution in [0.4, 0.5) is 0 Å². The van der Waals surface area contributed by atoms with Crippen molar-refractivity contribution in [3.8, 4) is 0 Å². The monoisotopic (exact) mass is 268 g/mol. The lowest BCUT2D eigenvalue weighted by atomic mass is 9.95. The molecule has 1 atom stereocenters. The maximum atomic E-state index is 12.6. The highest BCUT2D eigenvalue weighted by Gasteiger charge is 2.27. The van der Waals surface area contributed by atoms with Gasteiger partial charge in [-0.25, -0.2) is 0 Å². The van der Waals surface area contributed by atoms with E-state index in [0.717, 1.165) is 45.4 Å². The average Bonchev–Trinajstić information content (AvgIpc) is 2.42. The Labute approximate surface area is 119 Å². The number of unbranched alkanes of at least 4 members (excludes halogenated alkanes) is 1. The summed E-state index contributed by atoms with van der Waals surface area (Å²) >= 11 is 0. The van der Waals surface area contributed by atoms with Gasteiger partial charge in [-0.15, -0.1) is 0 Å². The van der Waals surface area contributed by atoms with E-state index in [1.54, 1.807) is 0 Å². The van der Waals surface area contributed by atoms with Crippen molar-refractivity contribution in [2.75, 3.05) is 26.2 Å². The van der Waals surface area contributed by atoms with Crippen molar-refractivity contribution in [3.63, 3.8) is 0 Å². The number of carbonyl (C=O) groups excluding carboxylic acids is 1. The van der Waals surface area contributed by atoms with Crippen LogP contribution in [0.5, 0.6) is 0 Å². The Morgan fingerprint density at radius 1 is 1.00 bits per heavy atom. The first-order chi connectivity index (χ1) is 9.10. The molecular weight excluding hydrogens is 236 g/mol. The van der Waals surface area contributed by atoms with Gasteiger partial charge in [0.1, 0.15) is 0 Å². The van der Waals surface area contributed by atoms with Gasteiger partial charge in [-0.05, 0) is 26.7 Å². The van der Waals surface area contributed by atoms with Gasteiger partial charge in [0.2, 0.25) is 5.91 Å². The molecule has 19 heavy (non-hydrogen) atoms. The minimum atomic E-state index is 0.274. The van der Waals surface area contributed by atoms with E-state index in [0.29, 0.717) is 11.9 Å². The predicted molar refractivity (Wildman–Crippen MR) is 81.2 cm³/mol. The van der Waals surface area contributed by atoms with Gasteiger partial charge in [0.05, 0.1) is 0 Å². The van der Waals surface area contributed by atoms with Gasteiger partial charge in [0.15, 0.2) is 0 Å². The molecule has 1 rings (SSSR count). The predicted octanol–water partition coefficient (Wildman–Crippen LogP) is 3.15. The van der Waals surface area contributed by atoms with Gasteiger partial charge in [-0.1, -0.05) is 33.1 Å². The molecule has 0 aliphatic carbocycles. The minimum Gasteiger partial charge on any atom is -0.340 e. The van der Waals surface area contributed by atoms with Gasteiger partial charge in [-0.2, -0.15) is 0 Å². The van der Waals surface area contributed by atoms with Crippen LogP contribution in [0, 0.1) is 5.92 Å². The summed E-state index contributed by atoms with van der Waals surface area (Å²) in [6.45, 7) is 12.8. The summed E-state index contributed by atoms with van der Waals surface area (Å²) in [5.74, 6) is 0.689. The van der Waals surface area contributed by atoms with Crippen LogP contribution in [0.3, 0.4) is 0 Å². The zero-order valence-electron chi connectivity index (χ0n) is 13.3. The molecule has 0 spiro atoms. The summed E-state index contributed by atoms with van der Waals surface area (Å²) in [4.78, 5) is 17.1. The lowest BCUT2D eigenvalue weighted by Crippen LogP contribution is -2.52. The van der Waals surface area contributed by atoms with E-state index in [-0.39, 0.29) is 5.92 Å². The van der Waals surface area contributed by atoms with Crippen LogP contribution in [0.25, 0.3) is 0 Å². The number of nitrogens with zero attached hydrogens (tertiary/aromatic N) is 2. The third-order valence-corrected chi connectivity index (χ3v) is 4.25. The van der Waals surface area contributed by atoms with Crippen molar-refractivity contribution in [3.05, 3.63) is 0 Å². The van der Waals surface area contributed by atoms with Crippen molar-refractivity contribution < 1.29 is 4.79 Å². The van der Waals surface area contributed by atoms with E-state index in [1.165, 1.54) is 12.8 Å². The van der Waals surface area contributed by atoms with Gasteiger partial charge < -0.3 is 4.90 Å². The number of hydrogen-bond donors (Lipinski definition) is 0. The molecule has 1 amide bonds. The third kappa shape index (κ3) is 5.13. The van der Waals surface area contributed by atoms with Crippen LogP contribution in [0.15, 0.2) is 0 Å². The lowest BCUT2D eigenvalue weighted by molar-refractivity contribution is -0.138. The molecule has 0 radical (unpaired) electrons. The van der Waals surface area contributed by atoms with Crippen molar-refractivity contribution in [2.24, 2.45) is 5.92 Å². The minimum absolute atomic E-state index is 0.274. The molecule has 1 fully saturated rings. The average molecular weight is 268 g/mol. The Bertz CT molecular complexity index is 257. The number of piperazine rings is 1. The third-order valence-electron chi connectivity index (χ3n) is 4.25. The van der Waals surface area contributed by atoms with Crippen LogP contribution in [-0.2, 0) is 4.79 Å². The first-order valence-corrected chi connectivity index (χ1v) is 8.12. The van der Waals surface area contributed by atoms with Crippen LogP contribution in [0.1, 0.15) is 59.8 Å². The van der Waals surface area contributed by atoms with Crippen LogP contribution in [0.2, 0.25) is 0 Å². The number of hydrogen-bond acceptors (Lipinski definition) is 2. The fourth-order valence-electron chi connectivity index (χ4n) is 2.91. The molecule has 0 saturated carbocycles. The van der Waals surface area contributed by atoms with E-state index in [4.69, 9.17) is 0 Å². The van der Waals surface area contributed by atoms with Gasteiger partial charge >= 0.3 is 0 Å². The molecule has 3 nitrogen and oxygen atoms in total. The molecule has 0 N–H and O–H groups in total. The van der Waals surface area contributed by atoms with E-state index in [9.17, 15) is 4.79 Å². The van der Waals surface area contributed by atoms with Gasteiger partial charge in [0, 0.05) is 38.1 Å². The molecule has 112 valence electrons. The van der Waals surface area contributed by atoms with Crippen LogP contribution < -0.4 is 0 Å². The number of carbonyl (C=O) groups is 1. The molecule has 0 aromatic heterocycles. The van der Waals surface area contributed by atoms with E-state index < -0.39 is 0 Å². The molecule has 0 aromatic rings. The molecule has 1 saturated heterocycles. The standard InChI is InChI=1S/C16H32N2O/c1-5-7-9-15(8-6-2)16(19)18-12-10-17(11-13-18)14(3)4/h14-15H,5-13H2,1-4H3. The molecule has 0 aromatic carbocycles. The van der Waals surface area contributed by atoms with Crippen LogP contribution >= 0.6 is 0 Å².